The molecule has 3 fully saturated rings. The van der Waals surface area contributed by atoms with Gasteiger partial charge in [-0.2, -0.15) is 5.10 Å². The minimum Gasteiger partial charge on any atom is -0.335 e. The second kappa shape index (κ2) is 7.25. The first-order valence-electron chi connectivity index (χ1n) is 10.4. The number of nitrogens with zero attached hydrogens (tertiary/aromatic N) is 4. The molecule has 1 saturated carbocycles. The third kappa shape index (κ3) is 3.83. The molecular weight excluding hydrogens is 388 g/mol. The van der Waals surface area contributed by atoms with Crippen molar-refractivity contribution in [3.05, 3.63) is 47.8 Å². The molecule has 1 aromatic heterocycles. The Kier molecular flexibility index (Phi) is 4.70. The van der Waals surface area contributed by atoms with Gasteiger partial charge in [-0.1, -0.05) is 18.2 Å². The molecular formula is C21H26N4O3S. The van der Waals surface area contributed by atoms with Gasteiger partial charge in [-0.25, -0.2) is 13.1 Å². The molecule has 7 nitrogen and oxygen atoms in total. The van der Waals surface area contributed by atoms with Gasteiger partial charge in [0.1, 0.15) is 5.69 Å². The monoisotopic (exact) mass is 414 g/mol. The van der Waals surface area contributed by atoms with Crippen LogP contribution >= 0.6 is 0 Å². The van der Waals surface area contributed by atoms with Crippen LogP contribution < -0.4 is 0 Å². The van der Waals surface area contributed by atoms with E-state index in [1.54, 1.807) is 4.68 Å². The smallest absolute Gasteiger partial charge is 0.272 e. The molecule has 3 aliphatic rings. The number of rotatable bonds is 4. The lowest BCUT2D eigenvalue weighted by atomic mass is 10.2. The van der Waals surface area contributed by atoms with Crippen molar-refractivity contribution < 1.29 is 13.2 Å². The lowest BCUT2D eigenvalue weighted by Crippen LogP contribution is -2.52. The Balaban J connectivity index is 1.32. The van der Waals surface area contributed by atoms with Gasteiger partial charge in [0.2, 0.25) is 0 Å². The zero-order chi connectivity index (χ0) is 20.0. The lowest BCUT2D eigenvalue weighted by molar-refractivity contribution is 0.0579. The van der Waals surface area contributed by atoms with Gasteiger partial charge in [0, 0.05) is 38.1 Å². The van der Waals surface area contributed by atoms with E-state index in [-0.39, 0.29) is 23.5 Å². The fraction of sp³-hybridized carbons (Fsp3) is 0.524. The standard InChI is InChI=1S/C21H26N4O3S/c26-21(24-11-9-23(10-12-24)18-8-13-29(27,28)15-18)20-14-19(16-6-7-16)22-25(20)17-4-2-1-3-5-17/h1-5,14,16,18H,6-13,15H2/t18-/m1/s1. The molecule has 2 saturated heterocycles. The highest BCUT2D eigenvalue weighted by Crippen LogP contribution is 2.40. The van der Waals surface area contributed by atoms with E-state index in [0.717, 1.165) is 37.3 Å². The van der Waals surface area contributed by atoms with Gasteiger partial charge < -0.3 is 4.90 Å². The van der Waals surface area contributed by atoms with Gasteiger partial charge >= 0.3 is 0 Å². The molecule has 8 heteroatoms. The minimum absolute atomic E-state index is 0.00643. The Morgan fingerprint density at radius 3 is 2.34 bits per heavy atom. The SMILES string of the molecule is O=C(c1cc(C2CC2)nn1-c1ccccc1)N1CCN([C@@H]2CCS(=O)(=O)C2)CC1. The van der Waals surface area contributed by atoms with Gasteiger partial charge in [0.05, 0.1) is 22.9 Å². The van der Waals surface area contributed by atoms with E-state index in [2.05, 4.69) is 4.90 Å². The maximum absolute atomic E-state index is 13.3. The van der Waals surface area contributed by atoms with E-state index in [4.69, 9.17) is 5.10 Å². The van der Waals surface area contributed by atoms with Crippen LogP contribution in [0.4, 0.5) is 0 Å². The molecule has 1 aliphatic carbocycles. The summed E-state index contributed by atoms with van der Waals surface area (Å²) in [6, 6.07) is 11.9. The molecule has 0 spiro atoms. The van der Waals surface area contributed by atoms with Gasteiger partial charge in [-0.3, -0.25) is 9.69 Å². The van der Waals surface area contributed by atoms with Crippen molar-refractivity contribution in [2.45, 2.75) is 31.2 Å². The zero-order valence-corrected chi connectivity index (χ0v) is 17.2. The summed E-state index contributed by atoms with van der Waals surface area (Å²) in [6.45, 7) is 2.68. The Labute approximate surface area is 171 Å². The Morgan fingerprint density at radius 1 is 1.00 bits per heavy atom. The number of sulfone groups is 1. The predicted octanol–water partition coefficient (Wildman–Crippen LogP) is 1.69. The number of carbonyl (C=O) groups is 1. The van der Waals surface area contributed by atoms with Crippen molar-refractivity contribution in [3.8, 4) is 5.69 Å². The quantitative estimate of drug-likeness (QED) is 0.761. The highest BCUT2D eigenvalue weighted by molar-refractivity contribution is 7.91. The summed E-state index contributed by atoms with van der Waals surface area (Å²) in [7, 11) is -2.89. The third-order valence-corrected chi connectivity index (χ3v) is 8.02. The summed E-state index contributed by atoms with van der Waals surface area (Å²) >= 11 is 0. The van der Waals surface area contributed by atoms with Crippen molar-refractivity contribution in [2.75, 3.05) is 37.7 Å². The lowest BCUT2D eigenvalue weighted by Gasteiger charge is -2.37. The first kappa shape index (κ1) is 18.8. The molecule has 1 amide bonds. The van der Waals surface area contributed by atoms with Crippen LogP contribution in [-0.4, -0.2) is 77.6 Å². The fourth-order valence-electron chi connectivity index (χ4n) is 4.41. The van der Waals surface area contributed by atoms with Crippen LogP contribution in [-0.2, 0) is 9.84 Å². The normalized spacial score (nSPS) is 24.7. The largest absolute Gasteiger partial charge is 0.335 e. The van der Waals surface area contributed by atoms with E-state index in [9.17, 15) is 13.2 Å². The van der Waals surface area contributed by atoms with Crippen molar-refractivity contribution >= 4 is 15.7 Å². The van der Waals surface area contributed by atoms with Crippen LogP contribution in [0.25, 0.3) is 5.69 Å². The van der Waals surface area contributed by atoms with Crippen LogP contribution in [0.3, 0.4) is 0 Å². The number of amides is 1. The molecule has 2 aromatic rings. The number of carbonyl (C=O) groups excluding carboxylic acids is 1. The number of piperazine rings is 1. The van der Waals surface area contributed by atoms with Crippen molar-refractivity contribution in [1.82, 2.24) is 19.6 Å². The highest BCUT2D eigenvalue weighted by atomic mass is 32.2. The summed E-state index contributed by atoms with van der Waals surface area (Å²) in [5.74, 6) is 1.03. The summed E-state index contributed by atoms with van der Waals surface area (Å²) in [5.41, 5.74) is 2.53. The van der Waals surface area contributed by atoms with Crippen LogP contribution in [0.1, 0.15) is 41.4 Å². The Morgan fingerprint density at radius 2 is 1.72 bits per heavy atom. The van der Waals surface area contributed by atoms with Crippen LogP contribution in [0.2, 0.25) is 0 Å². The average molecular weight is 415 g/mol. The average Bonchev–Trinajstić information content (AvgIpc) is 3.39. The van der Waals surface area contributed by atoms with E-state index >= 15 is 0 Å². The first-order valence-corrected chi connectivity index (χ1v) is 12.2. The molecule has 29 heavy (non-hydrogen) atoms. The second-order valence-corrected chi connectivity index (χ2v) is 10.6. The maximum Gasteiger partial charge on any atom is 0.272 e. The Bertz CT molecular complexity index is 1010. The van der Waals surface area contributed by atoms with Crippen molar-refractivity contribution in [1.29, 1.82) is 0 Å². The first-order chi connectivity index (χ1) is 14.0. The molecule has 0 bridgehead atoms. The van der Waals surface area contributed by atoms with E-state index in [1.807, 2.05) is 41.3 Å². The second-order valence-electron chi connectivity index (χ2n) is 8.36. The number of hydrogen-bond donors (Lipinski definition) is 0. The van der Waals surface area contributed by atoms with Gasteiger partial charge in [0.15, 0.2) is 9.84 Å². The zero-order valence-electron chi connectivity index (χ0n) is 16.4. The molecule has 1 atom stereocenters. The molecule has 2 aliphatic heterocycles. The number of benzene rings is 1. The van der Waals surface area contributed by atoms with Crippen LogP contribution in [0.5, 0.6) is 0 Å². The summed E-state index contributed by atoms with van der Waals surface area (Å²) in [5, 5.41) is 4.74. The van der Waals surface area contributed by atoms with E-state index in [0.29, 0.717) is 31.1 Å². The molecule has 1 aromatic carbocycles. The number of hydrogen-bond acceptors (Lipinski definition) is 5. The molecule has 5 rings (SSSR count). The molecule has 0 unspecified atom stereocenters. The topological polar surface area (TPSA) is 75.5 Å². The van der Waals surface area contributed by atoms with Crippen molar-refractivity contribution in [3.63, 3.8) is 0 Å². The van der Waals surface area contributed by atoms with Crippen LogP contribution in [0.15, 0.2) is 36.4 Å². The van der Waals surface area contributed by atoms with Crippen LogP contribution in [0, 0.1) is 0 Å². The minimum atomic E-state index is -2.89. The molecule has 0 N–H and O–H groups in total. The van der Waals surface area contributed by atoms with Gasteiger partial charge in [-0.05, 0) is 37.5 Å². The van der Waals surface area contributed by atoms with Crippen molar-refractivity contribution in [2.24, 2.45) is 0 Å². The van der Waals surface area contributed by atoms with Gasteiger partial charge in [0.25, 0.3) is 5.91 Å². The Hall–Kier alpha value is -2.19. The predicted molar refractivity (Wildman–Crippen MR) is 110 cm³/mol. The number of para-hydroxylation sites is 1. The molecule has 154 valence electrons. The third-order valence-electron chi connectivity index (χ3n) is 6.27. The fourth-order valence-corrected chi connectivity index (χ4v) is 6.17. The van der Waals surface area contributed by atoms with E-state index < -0.39 is 9.84 Å². The summed E-state index contributed by atoms with van der Waals surface area (Å²) in [6.07, 6.45) is 2.99. The summed E-state index contributed by atoms with van der Waals surface area (Å²) < 4.78 is 25.3. The number of aromatic nitrogens is 2. The highest BCUT2D eigenvalue weighted by Gasteiger charge is 2.35. The van der Waals surface area contributed by atoms with E-state index in [1.165, 1.54) is 0 Å². The van der Waals surface area contributed by atoms with Gasteiger partial charge in [-0.15, -0.1) is 0 Å². The molecule has 0 radical (unpaired) electrons. The molecule has 3 heterocycles. The summed E-state index contributed by atoms with van der Waals surface area (Å²) in [4.78, 5) is 17.4. The maximum atomic E-state index is 13.3.